The van der Waals surface area contributed by atoms with E-state index in [1.165, 1.54) is 4.31 Å². The average Bonchev–Trinajstić information content (AvgIpc) is 3.25. The maximum atomic E-state index is 12.8. The SMILES string of the molecule is CN=C(NCCS(=O)(=O)N1CCc2ccccc21)N(C)Cc1cccn1C.I. The lowest BCUT2D eigenvalue weighted by molar-refractivity contribution is 0.463. The van der Waals surface area contributed by atoms with Crippen molar-refractivity contribution in [3.8, 4) is 0 Å². The molecular weight excluding hydrogens is 489 g/mol. The van der Waals surface area contributed by atoms with Gasteiger partial charge in [0.2, 0.25) is 10.0 Å². The number of sulfonamides is 1. The van der Waals surface area contributed by atoms with Crippen LogP contribution in [0.2, 0.25) is 0 Å². The summed E-state index contributed by atoms with van der Waals surface area (Å²) >= 11 is 0. The third kappa shape index (κ3) is 4.99. The van der Waals surface area contributed by atoms with Crippen LogP contribution in [0.1, 0.15) is 11.3 Å². The third-order valence-corrected chi connectivity index (χ3v) is 6.62. The second kappa shape index (κ2) is 9.64. The number of benzene rings is 1. The van der Waals surface area contributed by atoms with Crippen LogP contribution < -0.4 is 9.62 Å². The molecule has 7 nitrogen and oxygen atoms in total. The van der Waals surface area contributed by atoms with Gasteiger partial charge in [-0.2, -0.15) is 0 Å². The maximum Gasteiger partial charge on any atom is 0.236 e. The quantitative estimate of drug-likeness (QED) is 0.362. The van der Waals surface area contributed by atoms with Crippen molar-refractivity contribution < 1.29 is 8.42 Å². The van der Waals surface area contributed by atoms with Crippen LogP contribution in [0.15, 0.2) is 47.6 Å². The molecule has 0 spiro atoms. The molecule has 9 heteroatoms. The van der Waals surface area contributed by atoms with Crippen LogP contribution in [-0.4, -0.2) is 56.8 Å². The number of fused-ring (bicyclic) bond motifs is 1. The molecule has 154 valence electrons. The Labute approximate surface area is 184 Å². The maximum absolute atomic E-state index is 12.8. The van der Waals surface area contributed by atoms with E-state index < -0.39 is 10.0 Å². The molecule has 1 aromatic heterocycles. The Morgan fingerprint density at radius 3 is 2.68 bits per heavy atom. The standard InChI is InChI=1S/C19H27N5O2S.HI/c1-20-19(23(3)15-17-8-6-12-22(17)2)21-11-14-27(25,26)24-13-10-16-7-4-5-9-18(16)24;/h4-9,12H,10-11,13-15H2,1-3H3,(H,20,21);1H. The van der Waals surface area contributed by atoms with Crippen molar-refractivity contribution in [1.82, 2.24) is 14.8 Å². The number of anilines is 1. The van der Waals surface area contributed by atoms with Crippen molar-refractivity contribution in [2.24, 2.45) is 12.0 Å². The summed E-state index contributed by atoms with van der Waals surface area (Å²) in [5.41, 5.74) is 3.05. The van der Waals surface area contributed by atoms with Gasteiger partial charge in [-0.25, -0.2) is 8.42 Å². The summed E-state index contributed by atoms with van der Waals surface area (Å²) in [6, 6.07) is 11.7. The molecule has 1 aliphatic heterocycles. The minimum Gasteiger partial charge on any atom is -0.355 e. The number of rotatable bonds is 6. The van der Waals surface area contributed by atoms with Crippen molar-refractivity contribution in [3.63, 3.8) is 0 Å². The molecule has 2 heterocycles. The van der Waals surface area contributed by atoms with Gasteiger partial charge in [-0.15, -0.1) is 24.0 Å². The third-order valence-electron chi connectivity index (χ3n) is 4.85. The molecule has 1 N–H and O–H groups in total. The summed E-state index contributed by atoms with van der Waals surface area (Å²) in [6.45, 7) is 1.52. The lowest BCUT2D eigenvalue weighted by Crippen LogP contribution is -2.42. The summed E-state index contributed by atoms with van der Waals surface area (Å²) < 4.78 is 29.1. The van der Waals surface area contributed by atoms with Crippen LogP contribution in [0.4, 0.5) is 5.69 Å². The first kappa shape index (κ1) is 22.5. The number of aliphatic imine (C=N–C) groups is 1. The van der Waals surface area contributed by atoms with Gasteiger partial charge in [0.15, 0.2) is 5.96 Å². The summed E-state index contributed by atoms with van der Waals surface area (Å²) in [5, 5.41) is 3.17. The van der Waals surface area contributed by atoms with Crippen LogP contribution in [0, 0.1) is 0 Å². The molecule has 0 radical (unpaired) electrons. The van der Waals surface area contributed by atoms with E-state index >= 15 is 0 Å². The topological polar surface area (TPSA) is 69.9 Å². The van der Waals surface area contributed by atoms with Crippen molar-refractivity contribution in [1.29, 1.82) is 0 Å². The largest absolute Gasteiger partial charge is 0.355 e. The molecule has 0 atom stereocenters. The van der Waals surface area contributed by atoms with Crippen molar-refractivity contribution >= 4 is 45.6 Å². The predicted molar refractivity (Wildman–Crippen MR) is 125 cm³/mol. The Hall–Kier alpha value is -1.75. The number of para-hydroxylation sites is 1. The van der Waals surface area contributed by atoms with E-state index in [0.29, 0.717) is 25.6 Å². The highest BCUT2D eigenvalue weighted by Gasteiger charge is 2.28. The van der Waals surface area contributed by atoms with Gasteiger partial charge in [0.1, 0.15) is 0 Å². The molecule has 0 fully saturated rings. The molecule has 1 aliphatic rings. The summed E-state index contributed by atoms with van der Waals surface area (Å²) in [7, 11) is 2.27. The van der Waals surface area contributed by atoms with Crippen LogP contribution in [0.5, 0.6) is 0 Å². The predicted octanol–water partition coefficient (Wildman–Crippen LogP) is 2.04. The van der Waals surface area contributed by atoms with E-state index in [4.69, 9.17) is 0 Å². The molecule has 0 aliphatic carbocycles. The van der Waals surface area contributed by atoms with Crippen LogP contribution >= 0.6 is 24.0 Å². The van der Waals surface area contributed by atoms with E-state index in [-0.39, 0.29) is 29.7 Å². The Kier molecular flexibility index (Phi) is 7.76. The minimum atomic E-state index is -3.37. The van der Waals surface area contributed by atoms with Crippen molar-refractivity contribution in [3.05, 3.63) is 53.9 Å². The van der Waals surface area contributed by atoms with Crippen molar-refractivity contribution in [2.45, 2.75) is 13.0 Å². The van der Waals surface area contributed by atoms with E-state index in [0.717, 1.165) is 23.4 Å². The van der Waals surface area contributed by atoms with E-state index in [2.05, 4.69) is 20.9 Å². The number of hydrogen-bond acceptors (Lipinski definition) is 3. The lowest BCUT2D eigenvalue weighted by atomic mass is 10.2. The molecule has 1 aromatic carbocycles. The fraction of sp³-hybridized carbons (Fsp3) is 0.421. The number of nitrogens with one attached hydrogen (secondary N) is 1. The summed E-state index contributed by atoms with van der Waals surface area (Å²) in [5.74, 6) is 0.700. The minimum absolute atomic E-state index is 0. The Morgan fingerprint density at radius 1 is 1.25 bits per heavy atom. The van der Waals surface area contributed by atoms with Gasteiger partial charge >= 0.3 is 0 Å². The average molecular weight is 517 g/mol. The van der Waals surface area contributed by atoms with Crippen LogP contribution in [0.3, 0.4) is 0 Å². The molecule has 28 heavy (non-hydrogen) atoms. The van der Waals surface area contributed by atoms with Gasteiger partial charge in [0.05, 0.1) is 18.0 Å². The molecule has 0 saturated heterocycles. The molecule has 0 amide bonds. The van der Waals surface area contributed by atoms with Gasteiger partial charge in [0, 0.05) is 46.1 Å². The summed E-state index contributed by atoms with van der Waals surface area (Å²) in [6.07, 6.45) is 2.77. The number of aromatic nitrogens is 1. The fourth-order valence-electron chi connectivity index (χ4n) is 3.36. The second-order valence-electron chi connectivity index (χ2n) is 6.71. The molecule has 0 bridgehead atoms. The van der Waals surface area contributed by atoms with E-state index in [1.807, 2.05) is 55.5 Å². The van der Waals surface area contributed by atoms with Crippen LogP contribution in [0.25, 0.3) is 0 Å². The Bertz CT molecular complexity index is 926. The zero-order valence-corrected chi connectivity index (χ0v) is 19.6. The molecule has 0 saturated carbocycles. The van der Waals surface area contributed by atoms with Gasteiger partial charge in [-0.3, -0.25) is 9.30 Å². The summed E-state index contributed by atoms with van der Waals surface area (Å²) in [4.78, 5) is 6.24. The van der Waals surface area contributed by atoms with E-state index in [1.54, 1.807) is 7.05 Å². The lowest BCUT2D eigenvalue weighted by Gasteiger charge is -2.23. The first-order valence-corrected chi connectivity index (χ1v) is 10.6. The van der Waals surface area contributed by atoms with Gasteiger partial charge in [-0.1, -0.05) is 18.2 Å². The zero-order chi connectivity index (χ0) is 19.4. The monoisotopic (exact) mass is 517 g/mol. The number of aryl methyl sites for hydroxylation is 1. The zero-order valence-electron chi connectivity index (χ0n) is 16.5. The van der Waals surface area contributed by atoms with Gasteiger partial charge in [-0.05, 0) is 30.2 Å². The second-order valence-corrected chi connectivity index (χ2v) is 8.72. The molecule has 3 rings (SSSR count). The first-order chi connectivity index (χ1) is 12.9. The molecule has 0 unspecified atom stereocenters. The normalized spacial score (nSPS) is 13.8. The highest BCUT2D eigenvalue weighted by atomic mass is 127. The first-order valence-electron chi connectivity index (χ1n) is 9.02. The molecular formula is C19H28IN5O2S. The number of guanidine groups is 1. The number of halogens is 1. The van der Waals surface area contributed by atoms with Crippen molar-refractivity contribution in [2.75, 3.05) is 37.2 Å². The van der Waals surface area contributed by atoms with Gasteiger partial charge < -0.3 is 14.8 Å². The van der Waals surface area contributed by atoms with Gasteiger partial charge in [0.25, 0.3) is 0 Å². The number of nitrogens with zero attached hydrogens (tertiary/aromatic N) is 4. The fourth-order valence-corrected chi connectivity index (χ4v) is 4.79. The van der Waals surface area contributed by atoms with E-state index in [9.17, 15) is 8.42 Å². The smallest absolute Gasteiger partial charge is 0.236 e. The molecule has 2 aromatic rings. The Balaban J connectivity index is 0.00000280. The van der Waals surface area contributed by atoms with Crippen LogP contribution in [-0.2, 0) is 30.0 Å². The Morgan fingerprint density at radius 2 is 2.00 bits per heavy atom. The number of hydrogen-bond donors (Lipinski definition) is 1. The highest BCUT2D eigenvalue weighted by Crippen LogP contribution is 2.29. The highest BCUT2D eigenvalue weighted by molar-refractivity contribution is 14.0.